The largest absolute Gasteiger partial charge is 0.371 e. The molecule has 1 aromatic heterocycles. The van der Waals surface area contributed by atoms with E-state index >= 15 is 0 Å². The van der Waals surface area contributed by atoms with Crippen molar-refractivity contribution in [3.05, 3.63) is 65.7 Å². The molecule has 0 saturated carbocycles. The van der Waals surface area contributed by atoms with Gasteiger partial charge in [-0.05, 0) is 50.5 Å². The van der Waals surface area contributed by atoms with Crippen molar-refractivity contribution in [2.24, 2.45) is 5.73 Å². The molecular weight excluding hydrogens is 379 g/mol. The summed E-state index contributed by atoms with van der Waals surface area (Å²) < 4.78 is 16.4. The quantitative estimate of drug-likeness (QED) is 0.539. The summed E-state index contributed by atoms with van der Waals surface area (Å²) >= 11 is 0. The topological polar surface area (TPSA) is 64.2 Å². The molecule has 1 aliphatic rings. The van der Waals surface area contributed by atoms with Crippen molar-refractivity contribution < 1.29 is 9.18 Å². The summed E-state index contributed by atoms with van der Waals surface area (Å²) in [6, 6.07) is 14.6. The van der Waals surface area contributed by atoms with Gasteiger partial charge in [0.1, 0.15) is 17.2 Å². The first-order valence-corrected chi connectivity index (χ1v) is 10.3. The second-order valence-corrected chi connectivity index (χ2v) is 7.88. The van der Waals surface area contributed by atoms with Gasteiger partial charge in [0.2, 0.25) is 0 Å². The van der Waals surface area contributed by atoms with Crippen LogP contribution in [0, 0.1) is 12.7 Å². The molecule has 0 radical (unpaired) electrons. The highest BCUT2D eigenvalue weighted by atomic mass is 19.1. The molecule has 5 rings (SSSR count). The molecule has 0 atom stereocenters. The predicted octanol–water partition coefficient (Wildman–Crippen LogP) is 4.72. The van der Waals surface area contributed by atoms with Gasteiger partial charge in [-0.25, -0.2) is 9.37 Å². The van der Waals surface area contributed by atoms with Crippen LogP contribution < -0.4 is 10.6 Å². The van der Waals surface area contributed by atoms with Crippen molar-refractivity contribution in [2.45, 2.75) is 26.2 Å². The third kappa shape index (κ3) is 2.91. The number of benzene rings is 3. The minimum absolute atomic E-state index is 0.261. The summed E-state index contributed by atoms with van der Waals surface area (Å²) in [5.74, 6) is -0.0317. The highest BCUT2D eigenvalue weighted by molar-refractivity contribution is 6.06. The zero-order chi connectivity index (χ0) is 20.8. The summed E-state index contributed by atoms with van der Waals surface area (Å²) in [7, 11) is 0. The standard InChI is InChI=1S/C24H23FN4O/c1-15-27-23-19(24(26)30)13-16(28-11-3-2-4-12-28)14-22(23)29(15)21-10-6-7-17-18(21)8-5-9-20(17)25/h5-10,13-14H,2-4,11-12H2,1H3,(H2,26,30). The van der Waals surface area contributed by atoms with E-state index in [0.29, 0.717) is 16.5 Å². The van der Waals surface area contributed by atoms with Crippen LogP contribution in [-0.2, 0) is 0 Å². The molecule has 2 heterocycles. The fourth-order valence-electron chi connectivity index (χ4n) is 4.56. The normalized spacial score (nSPS) is 14.5. The van der Waals surface area contributed by atoms with Crippen LogP contribution in [0.5, 0.6) is 0 Å². The van der Waals surface area contributed by atoms with Crippen LogP contribution >= 0.6 is 0 Å². The molecule has 0 spiro atoms. The van der Waals surface area contributed by atoms with Gasteiger partial charge in [0.25, 0.3) is 5.91 Å². The van der Waals surface area contributed by atoms with E-state index in [9.17, 15) is 9.18 Å². The number of rotatable bonds is 3. The minimum Gasteiger partial charge on any atom is -0.371 e. The Hall–Kier alpha value is -3.41. The molecule has 1 aliphatic heterocycles. The number of imidazole rings is 1. The molecule has 2 N–H and O–H groups in total. The average Bonchev–Trinajstić information content (AvgIpc) is 3.09. The number of anilines is 1. The molecule has 30 heavy (non-hydrogen) atoms. The number of aryl methyl sites for hydroxylation is 1. The van der Waals surface area contributed by atoms with Crippen LogP contribution in [0.2, 0.25) is 0 Å². The number of fused-ring (bicyclic) bond motifs is 2. The summed E-state index contributed by atoms with van der Waals surface area (Å²) in [6.07, 6.45) is 3.48. The van der Waals surface area contributed by atoms with Gasteiger partial charge in [-0.3, -0.25) is 9.36 Å². The first-order chi connectivity index (χ1) is 14.5. The fraction of sp³-hybridized carbons (Fsp3) is 0.250. The van der Waals surface area contributed by atoms with Gasteiger partial charge >= 0.3 is 0 Å². The van der Waals surface area contributed by atoms with Gasteiger partial charge in [0, 0.05) is 29.5 Å². The lowest BCUT2D eigenvalue weighted by molar-refractivity contribution is 0.100. The molecule has 152 valence electrons. The first kappa shape index (κ1) is 18.6. The Labute approximate surface area is 173 Å². The van der Waals surface area contributed by atoms with Gasteiger partial charge in [-0.2, -0.15) is 0 Å². The molecule has 0 bridgehead atoms. The Balaban J connectivity index is 1.81. The van der Waals surface area contributed by atoms with E-state index in [2.05, 4.69) is 16.0 Å². The second kappa shape index (κ2) is 7.13. The zero-order valence-corrected chi connectivity index (χ0v) is 16.9. The maximum atomic E-state index is 14.4. The number of piperidine rings is 1. The van der Waals surface area contributed by atoms with Gasteiger partial charge in [0.15, 0.2) is 0 Å². The summed E-state index contributed by atoms with van der Waals surface area (Å²) in [4.78, 5) is 19.2. The van der Waals surface area contributed by atoms with Gasteiger partial charge < -0.3 is 10.6 Å². The van der Waals surface area contributed by atoms with Crippen LogP contribution in [0.4, 0.5) is 10.1 Å². The van der Waals surface area contributed by atoms with E-state index in [1.165, 1.54) is 12.5 Å². The summed E-state index contributed by atoms with van der Waals surface area (Å²) in [6.45, 7) is 3.80. The Bertz CT molecular complexity index is 1290. The number of carbonyl (C=O) groups is 1. The lowest BCUT2D eigenvalue weighted by atomic mass is 10.1. The Morgan fingerprint density at radius 2 is 1.77 bits per heavy atom. The van der Waals surface area contributed by atoms with E-state index in [1.807, 2.05) is 35.8 Å². The van der Waals surface area contributed by atoms with Gasteiger partial charge in [-0.15, -0.1) is 0 Å². The molecule has 0 aliphatic carbocycles. The second-order valence-electron chi connectivity index (χ2n) is 7.88. The molecule has 6 heteroatoms. The van der Waals surface area contributed by atoms with Crippen molar-refractivity contribution in [1.82, 2.24) is 9.55 Å². The molecule has 4 aromatic rings. The number of nitrogens with two attached hydrogens (primary N) is 1. The van der Waals surface area contributed by atoms with Crippen LogP contribution in [0.1, 0.15) is 35.4 Å². The smallest absolute Gasteiger partial charge is 0.251 e. The highest BCUT2D eigenvalue weighted by Gasteiger charge is 2.21. The van der Waals surface area contributed by atoms with Gasteiger partial charge in [-0.1, -0.05) is 24.3 Å². The SMILES string of the molecule is Cc1nc2c(C(N)=O)cc(N3CCCCC3)cc2n1-c1cccc2c(F)cccc12. The molecule has 1 amide bonds. The molecule has 0 unspecified atom stereocenters. The summed E-state index contributed by atoms with van der Waals surface area (Å²) in [5.41, 5.74) is 9.34. The number of halogens is 1. The monoisotopic (exact) mass is 402 g/mol. The minimum atomic E-state index is -0.493. The van der Waals surface area contributed by atoms with Crippen molar-refractivity contribution in [1.29, 1.82) is 0 Å². The first-order valence-electron chi connectivity index (χ1n) is 10.3. The van der Waals surface area contributed by atoms with Crippen LogP contribution in [0.25, 0.3) is 27.5 Å². The number of hydrogen-bond acceptors (Lipinski definition) is 3. The van der Waals surface area contributed by atoms with Crippen LogP contribution in [0.15, 0.2) is 48.5 Å². The number of aromatic nitrogens is 2. The van der Waals surface area contributed by atoms with Crippen molar-refractivity contribution in [3.63, 3.8) is 0 Å². The highest BCUT2D eigenvalue weighted by Crippen LogP contribution is 2.33. The number of amides is 1. The summed E-state index contributed by atoms with van der Waals surface area (Å²) in [5, 5.41) is 1.35. The molecule has 1 saturated heterocycles. The van der Waals surface area contributed by atoms with E-state index in [0.717, 1.165) is 54.0 Å². The Kier molecular flexibility index (Phi) is 4.42. The van der Waals surface area contributed by atoms with Gasteiger partial charge in [0.05, 0.1) is 16.8 Å². The van der Waals surface area contributed by atoms with Crippen LogP contribution in [-0.4, -0.2) is 28.5 Å². The lowest BCUT2D eigenvalue weighted by Gasteiger charge is -2.29. The number of primary amides is 1. The Morgan fingerprint density at radius 3 is 2.53 bits per heavy atom. The number of nitrogens with zero attached hydrogens (tertiary/aromatic N) is 3. The van der Waals surface area contributed by atoms with E-state index < -0.39 is 5.91 Å². The number of carbonyl (C=O) groups excluding carboxylic acids is 1. The van der Waals surface area contributed by atoms with Crippen molar-refractivity contribution >= 4 is 33.4 Å². The third-order valence-electron chi connectivity index (χ3n) is 5.99. The lowest BCUT2D eigenvalue weighted by Crippen LogP contribution is -2.29. The fourth-order valence-corrected chi connectivity index (χ4v) is 4.56. The van der Waals surface area contributed by atoms with E-state index in [4.69, 9.17) is 5.73 Å². The average molecular weight is 402 g/mol. The molecular formula is C24H23FN4O. The van der Waals surface area contributed by atoms with E-state index in [-0.39, 0.29) is 5.82 Å². The van der Waals surface area contributed by atoms with Crippen molar-refractivity contribution in [2.75, 3.05) is 18.0 Å². The van der Waals surface area contributed by atoms with Crippen LogP contribution in [0.3, 0.4) is 0 Å². The number of hydrogen-bond donors (Lipinski definition) is 1. The third-order valence-corrected chi connectivity index (χ3v) is 5.99. The molecule has 1 fully saturated rings. The Morgan fingerprint density at radius 1 is 1.03 bits per heavy atom. The predicted molar refractivity (Wildman–Crippen MR) is 118 cm³/mol. The maximum absolute atomic E-state index is 14.4. The maximum Gasteiger partial charge on any atom is 0.251 e. The van der Waals surface area contributed by atoms with Crippen molar-refractivity contribution in [3.8, 4) is 5.69 Å². The van der Waals surface area contributed by atoms with E-state index in [1.54, 1.807) is 12.1 Å². The zero-order valence-electron chi connectivity index (χ0n) is 16.9. The molecule has 3 aromatic carbocycles. The molecule has 5 nitrogen and oxygen atoms in total.